The summed E-state index contributed by atoms with van der Waals surface area (Å²) in [7, 11) is 0. The third-order valence-electron chi connectivity index (χ3n) is 0.981. The van der Waals surface area contributed by atoms with Crippen molar-refractivity contribution < 1.29 is 5.11 Å². The summed E-state index contributed by atoms with van der Waals surface area (Å²) in [5, 5.41) is 15.4. The van der Waals surface area contributed by atoms with Crippen molar-refractivity contribution in [3.63, 3.8) is 0 Å². The standard InChI is InChI=1S/C7H12N2O/c1-2-6(8)3-4-7(9)5-10/h2-4,9-10H,5,8H2,1H3/b4-3-,6-2+,9-7?. The number of allylic oxidation sites excluding steroid dienone is 2. The quantitative estimate of drug-likeness (QED) is 0.392. The lowest BCUT2D eigenvalue weighted by molar-refractivity contribution is 0.357. The van der Waals surface area contributed by atoms with Gasteiger partial charge in [0.25, 0.3) is 0 Å². The third-order valence-corrected chi connectivity index (χ3v) is 0.981. The van der Waals surface area contributed by atoms with Gasteiger partial charge in [0.15, 0.2) is 0 Å². The lowest BCUT2D eigenvalue weighted by atomic mass is 10.3. The summed E-state index contributed by atoms with van der Waals surface area (Å²) < 4.78 is 0. The Labute approximate surface area is 60.4 Å². The van der Waals surface area contributed by atoms with Crippen LogP contribution >= 0.6 is 0 Å². The normalized spacial score (nSPS) is 12.4. The van der Waals surface area contributed by atoms with Gasteiger partial charge in [-0.3, -0.25) is 0 Å². The van der Waals surface area contributed by atoms with Gasteiger partial charge in [-0.1, -0.05) is 6.08 Å². The smallest absolute Gasteiger partial charge is 0.0845 e. The second kappa shape index (κ2) is 4.76. The van der Waals surface area contributed by atoms with Crippen molar-refractivity contribution in [2.24, 2.45) is 5.73 Å². The van der Waals surface area contributed by atoms with Crippen molar-refractivity contribution in [3.8, 4) is 0 Å². The van der Waals surface area contributed by atoms with E-state index in [9.17, 15) is 0 Å². The number of nitrogens with one attached hydrogen (secondary N) is 1. The molecule has 0 unspecified atom stereocenters. The first-order valence-corrected chi connectivity index (χ1v) is 2.99. The molecule has 0 aliphatic heterocycles. The summed E-state index contributed by atoms with van der Waals surface area (Å²) >= 11 is 0. The molecular weight excluding hydrogens is 128 g/mol. The van der Waals surface area contributed by atoms with Crippen molar-refractivity contribution in [1.82, 2.24) is 0 Å². The average molecular weight is 140 g/mol. The Bertz CT molecular complexity index is 170. The van der Waals surface area contributed by atoms with Gasteiger partial charge in [-0.25, -0.2) is 0 Å². The predicted octanol–water partition coefficient (Wildman–Crippen LogP) is 0.417. The van der Waals surface area contributed by atoms with Crippen molar-refractivity contribution in [2.75, 3.05) is 6.61 Å². The highest BCUT2D eigenvalue weighted by Crippen LogP contribution is 1.85. The number of aliphatic hydroxyl groups is 1. The maximum absolute atomic E-state index is 8.38. The van der Waals surface area contributed by atoms with Gasteiger partial charge in [-0.05, 0) is 19.1 Å². The molecule has 4 N–H and O–H groups in total. The van der Waals surface area contributed by atoms with Crippen molar-refractivity contribution in [3.05, 3.63) is 23.9 Å². The lowest BCUT2D eigenvalue weighted by Gasteiger charge is -1.89. The highest BCUT2D eigenvalue weighted by molar-refractivity contribution is 5.93. The van der Waals surface area contributed by atoms with E-state index in [1.807, 2.05) is 6.92 Å². The van der Waals surface area contributed by atoms with Crippen molar-refractivity contribution in [1.29, 1.82) is 5.41 Å². The molecule has 0 aromatic heterocycles. The van der Waals surface area contributed by atoms with E-state index in [0.717, 1.165) is 0 Å². The van der Waals surface area contributed by atoms with Crippen LogP contribution in [-0.2, 0) is 0 Å². The van der Waals surface area contributed by atoms with E-state index in [4.69, 9.17) is 16.2 Å². The second-order valence-electron chi connectivity index (χ2n) is 1.81. The highest BCUT2D eigenvalue weighted by Gasteiger charge is 1.84. The Balaban J connectivity index is 3.88. The number of hydrogen-bond donors (Lipinski definition) is 3. The zero-order valence-electron chi connectivity index (χ0n) is 5.96. The van der Waals surface area contributed by atoms with Crippen LogP contribution in [-0.4, -0.2) is 17.4 Å². The SMILES string of the molecule is C/C=C(N)\C=C/C(=N)CO. The van der Waals surface area contributed by atoms with Gasteiger partial charge in [0.05, 0.1) is 12.3 Å². The molecule has 0 bridgehead atoms. The Hall–Kier alpha value is -1.09. The van der Waals surface area contributed by atoms with Gasteiger partial charge >= 0.3 is 0 Å². The van der Waals surface area contributed by atoms with Gasteiger partial charge in [0.1, 0.15) is 0 Å². The first kappa shape index (κ1) is 8.91. The molecule has 0 aromatic rings. The van der Waals surface area contributed by atoms with E-state index in [1.165, 1.54) is 6.08 Å². The minimum Gasteiger partial charge on any atom is -0.399 e. The van der Waals surface area contributed by atoms with E-state index in [2.05, 4.69) is 0 Å². The van der Waals surface area contributed by atoms with Crippen LogP contribution in [0.3, 0.4) is 0 Å². The van der Waals surface area contributed by atoms with Gasteiger partial charge < -0.3 is 16.2 Å². The molecule has 10 heavy (non-hydrogen) atoms. The van der Waals surface area contributed by atoms with Crippen molar-refractivity contribution >= 4 is 5.71 Å². The van der Waals surface area contributed by atoms with Crippen LogP contribution in [0.4, 0.5) is 0 Å². The largest absolute Gasteiger partial charge is 0.399 e. The first-order chi connectivity index (χ1) is 4.70. The molecule has 0 aliphatic rings. The molecule has 0 heterocycles. The molecule has 0 atom stereocenters. The Morgan fingerprint density at radius 1 is 1.60 bits per heavy atom. The molecule has 0 rings (SSSR count). The summed E-state index contributed by atoms with van der Waals surface area (Å²) in [5.41, 5.74) is 6.12. The van der Waals surface area contributed by atoms with Gasteiger partial charge in [0, 0.05) is 5.70 Å². The number of aliphatic hydroxyl groups excluding tert-OH is 1. The Morgan fingerprint density at radius 3 is 2.60 bits per heavy atom. The van der Waals surface area contributed by atoms with Gasteiger partial charge in [-0.15, -0.1) is 0 Å². The predicted molar refractivity (Wildman–Crippen MR) is 41.9 cm³/mol. The summed E-state index contributed by atoms with van der Waals surface area (Å²) in [5.74, 6) is 0. The molecule has 0 radical (unpaired) electrons. The van der Waals surface area contributed by atoms with Crippen LogP contribution in [0.1, 0.15) is 6.92 Å². The summed E-state index contributed by atoms with van der Waals surface area (Å²) in [4.78, 5) is 0. The molecule has 3 nitrogen and oxygen atoms in total. The number of nitrogens with two attached hydrogens (primary N) is 1. The number of hydrogen-bond acceptors (Lipinski definition) is 3. The highest BCUT2D eigenvalue weighted by atomic mass is 16.3. The van der Waals surface area contributed by atoms with E-state index in [1.54, 1.807) is 12.2 Å². The maximum atomic E-state index is 8.38. The topological polar surface area (TPSA) is 70.1 Å². The van der Waals surface area contributed by atoms with Crippen LogP contribution < -0.4 is 5.73 Å². The first-order valence-electron chi connectivity index (χ1n) is 2.99. The molecule has 0 saturated carbocycles. The van der Waals surface area contributed by atoms with E-state index >= 15 is 0 Å². The Kier molecular flexibility index (Phi) is 4.24. The maximum Gasteiger partial charge on any atom is 0.0845 e. The third kappa shape index (κ3) is 3.86. The van der Waals surface area contributed by atoms with E-state index in [-0.39, 0.29) is 12.3 Å². The molecule has 0 fully saturated rings. The summed E-state index contributed by atoms with van der Waals surface area (Å²) in [6.45, 7) is 1.57. The van der Waals surface area contributed by atoms with Crippen LogP contribution in [0.25, 0.3) is 0 Å². The fourth-order valence-electron chi connectivity index (χ4n) is 0.346. The Morgan fingerprint density at radius 2 is 2.20 bits per heavy atom. The van der Waals surface area contributed by atoms with E-state index in [0.29, 0.717) is 5.70 Å². The molecule has 0 spiro atoms. The average Bonchev–Trinajstić information content (AvgIpc) is 1.99. The van der Waals surface area contributed by atoms with Gasteiger partial charge in [-0.2, -0.15) is 0 Å². The van der Waals surface area contributed by atoms with Crippen LogP contribution in [0.2, 0.25) is 0 Å². The second-order valence-corrected chi connectivity index (χ2v) is 1.81. The summed E-state index contributed by atoms with van der Waals surface area (Å²) in [6, 6.07) is 0. The van der Waals surface area contributed by atoms with E-state index < -0.39 is 0 Å². The zero-order chi connectivity index (χ0) is 7.98. The monoisotopic (exact) mass is 140 g/mol. The molecular formula is C7H12N2O. The lowest BCUT2D eigenvalue weighted by Crippen LogP contribution is -1.99. The molecule has 0 aliphatic carbocycles. The molecule has 56 valence electrons. The summed E-state index contributed by atoms with van der Waals surface area (Å²) in [6.07, 6.45) is 4.77. The number of rotatable bonds is 3. The molecule has 3 heteroatoms. The van der Waals surface area contributed by atoms with Crippen LogP contribution in [0, 0.1) is 5.41 Å². The fraction of sp³-hybridized carbons (Fsp3) is 0.286. The van der Waals surface area contributed by atoms with Gasteiger partial charge in [0.2, 0.25) is 0 Å². The van der Waals surface area contributed by atoms with Crippen LogP contribution in [0.15, 0.2) is 23.9 Å². The van der Waals surface area contributed by atoms with Crippen molar-refractivity contribution in [2.45, 2.75) is 6.92 Å². The molecule has 0 amide bonds. The van der Waals surface area contributed by atoms with Crippen LogP contribution in [0.5, 0.6) is 0 Å². The minimum absolute atomic E-state index is 0.157. The molecule has 0 aromatic carbocycles. The minimum atomic E-state index is -0.243. The molecule has 0 saturated heterocycles. The zero-order valence-corrected chi connectivity index (χ0v) is 5.96. The fourth-order valence-corrected chi connectivity index (χ4v) is 0.346.